The molecular weight excluding hydrogens is 276 g/mol. The minimum absolute atomic E-state index is 0.00353. The van der Waals surface area contributed by atoms with Gasteiger partial charge >= 0.3 is 0 Å². The molecule has 22 heavy (non-hydrogen) atoms. The standard InChI is InChI=1S/C18H24N2O2/c1-11-6-7-13-10-14(16(21)20-15(13)12(11)2)8-9-19-17(22)18(3,4)5/h6-7,10H,8-9H2,1-5H3,(H,19,22)(H,20,21). The van der Waals surface area contributed by atoms with Crippen LogP contribution in [0.25, 0.3) is 10.9 Å². The van der Waals surface area contributed by atoms with Crippen LogP contribution in [0.1, 0.15) is 37.5 Å². The lowest BCUT2D eigenvalue weighted by atomic mass is 9.95. The summed E-state index contributed by atoms with van der Waals surface area (Å²) in [6.45, 7) is 10.1. The van der Waals surface area contributed by atoms with E-state index in [9.17, 15) is 9.59 Å². The number of nitrogens with one attached hydrogen (secondary N) is 2. The molecule has 2 rings (SSSR count). The van der Waals surface area contributed by atoms with Gasteiger partial charge in [0.25, 0.3) is 5.56 Å². The number of H-pyrrole nitrogens is 1. The molecule has 2 N–H and O–H groups in total. The fourth-order valence-electron chi connectivity index (χ4n) is 2.33. The van der Waals surface area contributed by atoms with Crippen LogP contribution < -0.4 is 10.9 Å². The van der Waals surface area contributed by atoms with Crippen molar-refractivity contribution in [2.75, 3.05) is 6.54 Å². The molecule has 1 amide bonds. The first-order chi connectivity index (χ1) is 10.2. The lowest BCUT2D eigenvalue weighted by Gasteiger charge is -2.17. The van der Waals surface area contributed by atoms with E-state index in [1.807, 2.05) is 46.8 Å². The average molecular weight is 300 g/mol. The number of hydrogen-bond acceptors (Lipinski definition) is 2. The third-order valence-corrected chi connectivity index (χ3v) is 3.99. The van der Waals surface area contributed by atoms with Gasteiger partial charge in [0.15, 0.2) is 0 Å². The first kappa shape index (κ1) is 16.3. The zero-order valence-corrected chi connectivity index (χ0v) is 14.0. The fourth-order valence-corrected chi connectivity index (χ4v) is 2.33. The van der Waals surface area contributed by atoms with Gasteiger partial charge in [-0.25, -0.2) is 0 Å². The van der Waals surface area contributed by atoms with Gasteiger partial charge < -0.3 is 10.3 Å². The second-order valence-electron chi connectivity index (χ2n) is 6.85. The van der Waals surface area contributed by atoms with Crippen molar-refractivity contribution in [3.05, 3.63) is 45.2 Å². The average Bonchev–Trinajstić information content (AvgIpc) is 2.43. The Morgan fingerprint density at radius 3 is 2.55 bits per heavy atom. The number of benzene rings is 1. The van der Waals surface area contributed by atoms with Gasteiger partial charge in [0, 0.05) is 17.5 Å². The molecule has 2 aromatic rings. The highest BCUT2D eigenvalue weighted by Gasteiger charge is 2.20. The Morgan fingerprint density at radius 1 is 1.23 bits per heavy atom. The summed E-state index contributed by atoms with van der Waals surface area (Å²) in [7, 11) is 0. The van der Waals surface area contributed by atoms with Gasteiger partial charge in [-0.3, -0.25) is 9.59 Å². The van der Waals surface area contributed by atoms with Crippen LogP contribution in [0.5, 0.6) is 0 Å². The Morgan fingerprint density at radius 2 is 1.91 bits per heavy atom. The van der Waals surface area contributed by atoms with E-state index >= 15 is 0 Å². The molecule has 0 saturated heterocycles. The maximum atomic E-state index is 12.2. The fraction of sp³-hybridized carbons (Fsp3) is 0.444. The summed E-state index contributed by atoms with van der Waals surface area (Å²) in [4.78, 5) is 27.0. The first-order valence-electron chi connectivity index (χ1n) is 7.60. The molecule has 0 atom stereocenters. The number of fused-ring (bicyclic) bond motifs is 1. The Bertz CT molecular complexity index is 767. The molecule has 0 radical (unpaired) electrons. The molecule has 0 aliphatic rings. The van der Waals surface area contributed by atoms with Crippen molar-refractivity contribution in [3.8, 4) is 0 Å². The van der Waals surface area contributed by atoms with Crippen molar-refractivity contribution in [2.45, 2.75) is 41.0 Å². The number of carbonyl (C=O) groups is 1. The van der Waals surface area contributed by atoms with Gasteiger partial charge in [-0.15, -0.1) is 0 Å². The molecule has 0 aliphatic heterocycles. The Labute approximate surface area is 130 Å². The number of aryl methyl sites for hydroxylation is 2. The summed E-state index contributed by atoms with van der Waals surface area (Å²) in [5, 5.41) is 3.90. The Balaban J connectivity index is 2.19. The molecule has 0 aliphatic carbocycles. The van der Waals surface area contributed by atoms with Gasteiger partial charge in [-0.05, 0) is 42.8 Å². The van der Waals surface area contributed by atoms with Gasteiger partial charge in [0.1, 0.15) is 0 Å². The van der Waals surface area contributed by atoms with Crippen molar-refractivity contribution in [3.63, 3.8) is 0 Å². The third kappa shape index (κ3) is 3.38. The molecule has 0 fully saturated rings. The quantitative estimate of drug-likeness (QED) is 0.915. The van der Waals surface area contributed by atoms with Crippen LogP contribution in [0.3, 0.4) is 0 Å². The first-order valence-corrected chi connectivity index (χ1v) is 7.60. The normalized spacial score (nSPS) is 11.7. The van der Waals surface area contributed by atoms with Gasteiger partial charge in [-0.2, -0.15) is 0 Å². The lowest BCUT2D eigenvalue weighted by Crippen LogP contribution is -2.36. The zero-order chi connectivity index (χ0) is 16.5. The number of aromatic amines is 1. The zero-order valence-electron chi connectivity index (χ0n) is 14.0. The molecule has 0 spiro atoms. The maximum Gasteiger partial charge on any atom is 0.251 e. The van der Waals surface area contributed by atoms with E-state index in [0.717, 1.165) is 22.0 Å². The number of amides is 1. The van der Waals surface area contributed by atoms with E-state index in [4.69, 9.17) is 0 Å². The summed E-state index contributed by atoms with van der Waals surface area (Å²) in [6.07, 6.45) is 0.528. The minimum Gasteiger partial charge on any atom is -0.355 e. The van der Waals surface area contributed by atoms with Crippen LogP contribution in [0.2, 0.25) is 0 Å². The number of hydrogen-bond donors (Lipinski definition) is 2. The Hall–Kier alpha value is -2.10. The molecule has 0 bridgehead atoms. The summed E-state index contributed by atoms with van der Waals surface area (Å²) in [6, 6.07) is 6.00. The monoisotopic (exact) mass is 300 g/mol. The highest BCUT2D eigenvalue weighted by atomic mass is 16.2. The number of rotatable bonds is 3. The molecule has 0 saturated carbocycles. The van der Waals surface area contributed by atoms with Crippen molar-refractivity contribution in [1.82, 2.24) is 10.3 Å². The van der Waals surface area contributed by atoms with E-state index in [-0.39, 0.29) is 11.5 Å². The van der Waals surface area contributed by atoms with Crippen molar-refractivity contribution in [1.29, 1.82) is 0 Å². The van der Waals surface area contributed by atoms with Gasteiger partial charge in [-0.1, -0.05) is 32.9 Å². The molecule has 4 heteroatoms. The van der Waals surface area contributed by atoms with Crippen molar-refractivity contribution < 1.29 is 4.79 Å². The summed E-state index contributed by atoms with van der Waals surface area (Å²) in [5.41, 5.74) is 3.36. The van der Waals surface area contributed by atoms with Crippen LogP contribution in [0.15, 0.2) is 23.0 Å². The minimum atomic E-state index is -0.412. The molecule has 4 nitrogen and oxygen atoms in total. The molecule has 0 unspecified atom stereocenters. The SMILES string of the molecule is Cc1ccc2cc(CCNC(=O)C(C)(C)C)c(=O)[nH]c2c1C. The van der Waals surface area contributed by atoms with E-state index in [0.29, 0.717) is 18.5 Å². The molecule has 118 valence electrons. The smallest absolute Gasteiger partial charge is 0.251 e. The number of aromatic nitrogens is 1. The highest BCUT2D eigenvalue weighted by Crippen LogP contribution is 2.19. The second kappa shape index (κ2) is 5.95. The van der Waals surface area contributed by atoms with Crippen LogP contribution >= 0.6 is 0 Å². The molecular formula is C18H24N2O2. The van der Waals surface area contributed by atoms with Gasteiger partial charge in [0.05, 0.1) is 5.52 Å². The third-order valence-electron chi connectivity index (χ3n) is 3.99. The largest absolute Gasteiger partial charge is 0.355 e. The van der Waals surface area contributed by atoms with Gasteiger partial charge in [0.2, 0.25) is 5.91 Å². The van der Waals surface area contributed by atoms with Crippen LogP contribution in [0, 0.1) is 19.3 Å². The molecule has 1 aromatic carbocycles. The number of pyridine rings is 1. The molecule has 1 aromatic heterocycles. The van der Waals surface area contributed by atoms with Crippen LogP contribution in [-0.2, 0) is 11.2 Å². The maximum absolute atomic E-state index is 12.2. The number of carbonyl (C=O) groups excluding carboxylic acids is 1. The van der Waals surface area contributed by atoms with Crippen molar-refractivity contribution in [2.24, 2.45) is 5.41 Å². The Kier molecular flexibility index (Phi) is 4.40. The van der Waals surface area contributed by atoms with E-state index in [2.05, 4.69) is 16.4 Å². The summed E-state index contributed by atoms with van der Waals surface area (Å²) < 4.78 is 0. The van der Waals surface area contributed by atoms with E-state index in [1.54, 1.807) is 0 Å². The second-order valence-corrected chi connectivity index (χ2v) is 6.85. The topological polar surface area (TPSA) is 62.0 Å². The highest BCUT2D eigenvalue weighted by molar-refractivity contribution is 5.83. The summed E-state index contributed by atoms with van der Waals surface area (Å²) in [5.74, 6) is -0.00353. The predicted octanol–water partition coefficient (Wildman–Crippen LogP) is 2.85. The molecule has 1 heterocycles. The van der Waals surface area contributed by atoms with Crippen LogP contribution in [0.4, 0.5) is 0 Å². The van der Waals surface area contributed by atoms with Crippen LogP contribution in [-0.4, -0.2) is 17.4 Å². The summed E-state index contributed by atoms with van der Waals surface area (Å²) >= 11 is 0. The lowest BCUT2D eigenvalue weighted by molar-refractivity contribution is -0.128. The predicted molar refractivity (Wildman–Crippen MR) is 90.2 cm³/mol. The van der Waals surface area contributed by atoms with E-state index < -0.39 is 5.41 Å². The van der Waals surface area contributed by atoms with E-state index in [1.165, 1.54) is 0 Å². The van der Waals surface area contributed by atoms with Crippen molar-refractivity contribution >= 4 is 16.8 Å².